The van der Waals surface area contributed by atoms with Crippen LogP contribution in [0.1, 0.15) is 15.6 Å². The number of nitrogens with zero attached hydrogens (tertiary/aromatic N) is 3. The van der Waals surface area contributed by atoms with Crippen molar-refractivity contribution in [3.63, 3.8) is 0 Å². The number of rotatable bonds is 4. The van der Waals surface area contributed by atoms with E-state index in [2.05, 4.69) is 27.4 Å². The maximum Gasteiger partial charge on any atom is 0.206 e. The van der Waals surface area contributed by atoms with Crippen LogP contribution >= 0.6 is 34.4 Å². The van der Waals surface area contributed by atoms with Crippen molar-refractivity contribution in [2.45, 2.75) is 23.9 Å². The Morgan fingerprint density at radius 2 is 2.06 bits per heavy atom. The Balaban J connectivity index is 1.96. The van der Waals surface area contributed by atoms with Gasteiger partial charge in [-0.05, 0) is 13.8 Å². The molecule has 0 atom stereocenters. The van der Waals surface area contributed by atoms with E-state index in [0.29, 0.717) is 0 Å². The Hall–Kier alpha value is -0.660. The van der Waals surface area contributed by atoms with Crippen molar-refractivity contribution in [2.24, 2.45) is 0 Å². The number of thioether (sulfide) groups is 1. The van der Waals surface area contributed by atoms with Crippen LogP contribution in [0.5, 0.6) is 0 Å². The van der Waals surface area contributed by atoms with Crippen LogP contribution in [0.4, 0.5) is 5.13 Å². The summed E-state index contributed by atoms with van der Waals surface area (Å²) in [4.78, 5) is 5.79. The largest absolute Gasteiger partial charge is 0.363 e. The summed E-state index contributed by atoms with van der Waals surface area (Å²) in [7, 11) is 1.85. The highest BCUT2D eigenvalue weighted by Crippen LogP contribution is 2.29. The topological polar surface area (TPSA) is 50.7 Å². The predicted octanol–water partition coefficient (Wildman–Crippen LogP) is 2.95. The lowest BCUT2D eigenvalue weighted by Crippen LogP contribution is -1.84. The molecule has 0 saturated carbocycles. The minimum absolute atomic E-state index is 0.856. The maximum atomic E-state index is 4.49. The van der Waals surface area contributed by atoms with E-state index in [9.17, 15) is 0 Å². The van der Waals surface area contributed by atoms with Gasteiger partial charge in [-0.1, -0.05) is 23.1 Å². The van der Waals surface area contributed by atoms with Gasteiger partial charge in [0.05, 0.1) is 11.4 Å². The van der Waals surface area contributed by atoms with Crippen LogP contribution in [0.2, 0.25) is 0 Å². The Morgan fingerprint density at radius 1 is 1.25 bits per heavy atom. The minimum Gasteiger partial charge on any atom is -0.363 e. The first-order valence-electron chi connectivity index (χ1n) is 4.76. The third kappa shape index (κ3) is 2.72. The van der Waals surface area contributed by atoms with Gasteiger partial charge in [0.25, 0.3) is 0 Å². The van der Waals surface area contributed by atoms with Crippen LogP contribution in [-0.2, 0) is 5.75 Å². The second kappa shape index (κ2) is 5.11. The van der Waals surface area contributed by atoms with Crippen LogP contribution in [0.15, 0.2) is 4.34 Å². The highest BCUT2D eigenvalue weighted by Gasteiger charge is 2.07. The Morgan fingerprint density at radius 3 is 2.62 bits per heavy atom. The number of hydrogen-bond acceptors (Lipinski definition) is 7. The molecule has 0 radical (unpaired) electrons. The lowest BCUT2D eigenvalue weighted by molar-refractivity contribution is 1.01. The first kappa shape index (κ1) is 11.8. The zero-order valence-electron chi connectivity index (χ0n) is 9.27. The molecule has 0 aliphatic heterocycles. The van der Waals surface area contributed by atoms with Crippen LogP contribution in [-0.4, -0.2) is 22.2 Å². The van der Waals surface area contributed by atoms with Crippen molar-refractivity contribution < 1.29 is 0 Å². The van der Waals surface area contributed by atoms with Gasteiger partial charge in [0.1, 0.15) is 5.01 Å². The van der Waals surface area contributed by atoms with Gasteiger partial charge in [0.15, 0.2) is 4.34 Å². The first-order chi connectivity index (χ1) is 7.69. The minimum atomic E-state index is 0.856. The Labute approximate surface area is 107 Å². The summed E-state index contributed by atoms with van der Waals surface area (Å²) in [6, 6.07) is 0. The van der Waals surface area contributed by atoms with E-state index in [0.717, 1.165) is 25.9 Å². The molecule has 4 nitrogen and oxygen atoms in total. The normalized spacial score (nSPS) is 10.7. The average molecular weight is 272 g/mol. The van der Waals surface area contributed by atoms with Gasteiger partial charge in [-0.25, -0.2) is 4.98 Å². The zero-order chi connectivity index (χ0) is 11.5. The molecule has 0 aliphatic rings. The van der Waals surface area contributed by atoms with E-state index >= 15 is 0 Å². The lowest BCUT2D eigenvalue weighted by atomic mass is 10.4. The van der Waals surface area contributed by atoms with Gasteiger partial charge >= 0.3 is 0 Å². The Bertz CT molecular complexity index is 457. The SMILES string of the molecule is CNc1nnc(SCc2nc(C)c(C)s2)s1. The standard InChI is InChI=1S/C9H12N4S3/c1-5-6(2)15-7(11-5)4-14-9-13-12-8(10-3)16-9/h4H2,1-3H3,(H,10,12). The molecule has 0 aromatic carbocycles. The number of aryl methyl sites for hydroxylation is 2. The van der Waals surface area contributed by atoms with Crippen molar-refractivity contribution >= 4 is 39.6 Å². The fraction of sp³-hybridized carbons (Fsp3) is 0.444. The molecule has 2 rings (SSSR count). The molecule has 2 heterocycles. The molecule has 2 aromatic rings. The average Bonchev–Trinajstić information content (AvgIpc) is 2.84. The van der Waals surface area contributed by atoms with Crippen molar-refractivity contribution in [1.29, 1.82) is 0 Å². The van der Waals surface area contributed by atoms with E-state index in [1.807, 2.05) is 14.0 Å². The molecular formula is C9H12N4S3. The molecule has 0 amide bonds. The van der Waals surface area contributed by atoms with Gasteiger partial charge in [-0.15, -0.1) is 21.5 Å². The van der Waals surface area contributed by atoms with Crippen LogP contribution in [0.25, 0.3) is 0 Å². The van der Waals surface area contributed by atoms with E-state index in [1.54, 1.807) is 34.4 Å². The summed E-state index contributed by atoms with van der Waals surface area (Å²) in [6.45, 7) is 4.15. The second-order valence-electron chi connectivity index (χ2n) is 3.16. The molecule has 86 valence electrons. The molecule has 0 bridgehead atoms. The molecule has 1 N–H and O–H groups in total. The van der Waals surface area contributed by atoms with E-state index < -0.39 is 0 Å². The molecule has 2 aromatic heterocycles. The fourth-order valence-corrected chi connectivity index (χ4v) is 3.73. The van der Waals surface area contributed by atoms with Crippen molar-refractivity contribution in [3.8, 4) is 0 Å². The molecule has 16 heavy (non-hydrogen) atoms. The van der Waals surface area contributed by atoms with E-state index in [4.69, 9.17) is 0 Å². The number of aromatic nitrogens is 3. The molecule has 0 fully saturated rings. The summed E-state index contributed by atoms with van der Waals surface area (Å²) < 4.78 is 0.981. The van der Waals surface area contributed by atoms with Gasteiger partial charge in [-0.3, -0.25) is 0 Å². The van der Waals surface area contributed by atoms with Gasteiger partial charge in [0.2, 0.25) is 5.13 Å². The summed E-state index contributed by atoms with van der Waals surface area (Å²) in [5.41, 5.74) is 1.13. The number of nitrogens with one attached hydrogen (secondary N) is 1. The zero-order valence-corrected chi connectivity index (χ0v) is 11.7. The molecular weight excluding hydrogens is 260 g/mol. The van der Waals surface area contributed by atoms with Gasteiger partial charge in [-0.2, -0.15) is 0 Å². The third-order valence-electron chi connectivity index (χ3n) is 2.01. The molecule has 0 spiro atoms. The molecule has 0 aliphatic carbocycles. The Kier molecular flexibility index (Phi) is 3.78. The molecule has 0 unspecified atom stereocenters. The maximum absolute atomic E-state index is 4.49. The van der Waals surface area contributed by atoms with Crippen LogP contribution < -0.4 is 5.32 Å². The fourth-order valence-electron chi connectivity index (χ4n) is 1.09. The second-order valence-corrected chi connectivity index (χ2v) is 6.65. The lowest BCUT2D eigenvalue weighted by Gasteiger charge is -1.91. The van der Waals surface area contributed by atoms with Crippen molar-refractivity contribution in [3.05, 3.63) is 15.6 Å². The highest BCUT2D eigenvalue weighted by molar-refractivity contribution is 8.00. The van der Waals surface area contributed by atoms with E-state index in [-0.39, 0.29) is 0 Å². The van der Waals surface area contributed by atoms with Crippen molar-refractivity contribution in [2.75, 3.05) is 12.4 Å². The van der Waals surface area contributed by atoms with Gasteiger partial charge in [0, 0.05) is 11.9 Å². The number of thiazole rings is 1. The summed E-state index contributed by atoms with van der Waals surface area (Å²) >= 11 is 5.01. The number of hydrogen-bond donors (Lipinski definition) is 1. The van der Waals surface area contributed by atoms with Crippen LogP contribution in [0, 0.1) is 13.8 Å². The number of anilines is 1. The smallest absolute Gasteiger partial charge is 0.206 e. The summed E-state index contributed by atoms with van der Waals surface area (Å²) in [5.74, 6) is 0.873. The summed E-state index contributed by atoms with van der Waals surface area (Å²) in [5, 5.41) is 13.1. The van der Waals surface area contributed by atoms with E-state index in [1.165, 1.54) is 4.88 Å². The molecule has 7 heteroatoms. The highest BCUT2D eigenvalue weighted by atomic mass is 32.2. The quantitative estimate of drug-likeness (QED) is 0.867. The predicted molar refractivity (Wildman–Crippen MR) is 70.6 cm³/mol. The van der Waals surface area contributed by atoms with Gasteiger partial charge < -0.3 is 5.32 Å². The summed E-state index contributed by atoms with van der Waals surface area (Å²) in [6.07, 6.45) is 0. The van der Waals surface area contributed by atoms with Crippen molar-refractivity contribution in [1.82, 2.24) is 15.2 Å². The third-order valence-corrected chi connectivity index (χ3v) is 5.35. The first-order valence-corrected chi connectivity index (χ1v) is 7.38. The monoisotopic (exact) mass is 272 g/mol. The van der Waals surface area contributed by atoms with Crippen LogP contribution in [0.3, 0.4) is 0 Å². The molecule has 0 saturated heterocycles.